The Morgan fingerprint density at radius 2 is 2.00 bits per heavy atom. The van der Waals surface area contributed by atoms with Crippen molar-refractivity contribution in [1.82, 2.24) is 24.8 Å². The molecule has 10 nitrogen and oxygen atoms in total. The van der Waals surface area contributed by atoms with Gasteiger partial charge >= 0.3 is 6.01 Å². The van der Waals surface area contributed by atoms with Crippen molar-refractivity contribution in [2.75, 3.05) is 64.6 Å². The summed E-state index contributed by atoms with van der Waals surface area (Å²) in [6, 6.07) is 5.37. The number of nitrogen functional groups attached to an aromatic ring is 1. The van der Waals surface area contributed by atoms with Gasteiger partial charge in [0, 0.05) is 60.8 Å². The summed E-state index contributed by atoms with van der Waals surface area (Å²) in [4.78, 5) is 20.9. The predicted octanol–water partition coefficient (Wildman–Crippen LogP) is 5.19. The van der Waals surface area contributed by atoms with Crippen LogP contribution in [0, 0.1) is 28.4 Å². The normalized spacial score (nSPS) is 22.6. The lowest BCUT2D eigenvalue weighted by Crippen LogP contribution is -2.56. The molecule has 0 radical (unpaired) electrons. The number of likely N-dealkylation sites (N-methyl/N-ethyl adjacent to an activating group) is 2. The number of thiophene rings is 1. The zero-order chi connectivity index (χ0) is 32.7. The van der Waals surface area contributed by atoms with E-state index in [4.69, 9.17) is 20.2 Å². The van der Waals surface area contributed by atoms with E-state index >= 15 is 4.39 Å². The molecule has 0 bridgehead atoms. The molecule has 3 saturated carbocycles. The number of anilines is 2. The van der Waals surface area contributed by atoms with Gasteiger partial charge in [0.2, 0.25) is 0 Å². The van der Waals surface area contributed by atoms with Crippen LogP contribution in [0.15, 0.2) is 18.3 Å². The Hall–Kier alpha value is -3.70. The van der Waals surface area contributed by atoms with E-state index in [1.807, 2.05) is 11.9 Å². The smallest absolute Gasteiger partial charge is 0.319 e. The number of pyridine rings is 1. The van der Waals surface area contributed by atoms with Crippen LogP contribution in [0.1, 0.15) is 44.1 Å². The molecule has 0 amide bonds. The molecule has 4 heterocycles. The molecule has 13 heteroatoms. The molecule has 8 rings (SSSR count). The molecular weight excluding hydrogens is 622 g/mol. The molecule has 4 aliphatic rings. The second kappa shape index (κ2) is 11.2. The fourth-order valence-electron chi connectivity index (χ4n) is 7.49. The number of nitrogens with two attached hydrogens (primary N) is 1. The summed E-state index contributed by atoms with van der Waals surface area (Å²) in [5.41, 5.74) is 6.49. The van der Waals surface area contributed by atoms with Crippen molar-refractivity contribution in [3.63, 3.8) is 0 Å². The number of morpholine rings is 1. The number of hydrogen-bond donors (Lipinski definition) is 1. The van der Waals surface area contributed by atoms with Gasteiger partial charge in [-0.15, -0.1) is 11.3 Å². The molecule has 47 heavy (non-hydrogen) atoms. The second-order valence-electron chi connectivity index (χ2n) is 14.1. The Morgan fingerprint density at radius 3 is 2.70 bits per heavy atom. The van der Waals surface area contributed by atoms with Crippen LogP contribution in [0.3, 0.4) is 0 Å². The van der Waals surface area contributed by atoms with Gasteiger partial charge in [-0.1, -0.05) is 0 Å². The van der Waals surface area contributed by atoms with E-state index in [1.54, 1.807) is 6.20 Å². The first kappa shape index (κ1) is 30.6. The van der Waals surface area contributed by atoms with Crippen LogP contribution < -0.4 is 15.4 Å². The molecule has 4 fully saturated rings. The zero-order valence-corrected chi connectivity index (χ0v) is 27.7. The SMILES string of the molecule is CN(CC1(N(C)C)CCC1)c1nc(OCC2(CN3CCO[C@@H]4C[C@@H]43)CC2)nc2c(F)c(-c3ccc(F)c4sc(N)c(C#N)c34)ncc12. The van der Waals surface area contributed by atoms with Gasteiger partial charge in [-0.2, -0.15) is 15.2 Å². The molecule has 3 aliphatic carbocycles. The summed E-state index contributed by atoms with van der Waals surface area (Å²) >= 11 is 0.965. The monoisotopic (exact) mass is 660 g/mol. The first-order valence-corrected chi connectivity index (χ1v) is 17.1. The molecular formula is C34H38F2N8O2S. The number of nitriles is 1. The summed E-state index contributed by atoms with van der Waals surface area (Å²) in [5.74, 6) is -0.679. The lowest BCUT2D eigenvalue weighted by Gasteiger charge is -2.49. The van der Waals surface area contributed by atoms with Crippen LogP contribution in [-0.2, 0) is 4.74 Å². The first-order valence-electron chi connectivity index (χ1n) is 16.3. The summed E-state index contributed by atoms with van der Waals surface area (Å²) in [6.45, 7) is 3.77. The van der Waals surface area contributed by atoms with Gasteiger partial charge in [0.05, 0.1) is 35.0 Å². The van der Waals surface area contributed by atoms with Crippen LogP contribution in [0.25, 0.3) is 32.2 Å². The molecule has 246 valence electrons. The highest BCUT2D eigenvalue weighted by Crippen LogP contribution is 2.49. The second-order valence-corrected chi connectivity index (χ2v) is 15.1. The van der Waals surface area contributed by atoms with Gasteiger partial charge in [0.1, 0.15) is 33.9 Å². The largest absolute Gasteiger partial charge is 0.463 e. The van der Waals surface area contributed by atoms with Gasteiger partial charge in [0.25, 0.3) is 0 Å². The van der Waals surface area contributed by atoms with Crippen LogP contribution in [0.4, 0.5) is 19.6 Å². The number of benzene rings is 1. The van der Waals surface area contributed by atoms with Crippen LogP contribution in [-0.4, -0.2) is 96.4 Å². The van der Waals surface area contributed by atoms with Crippen molar-refractivity contribution in [1.29, 1.82) is 5.26 Å². The number of fused-ring (bicyclic) bond motifs is 3. The Bertz CT molecular complexity index is 1940. The fourth-order valence-corrected chi connectivity index (χ4v) is 8.44. The predicted molar refractivity (Wildman–Crippen MR) is 178 cm³/mol. The highest BCUT2D eigenvalue weighted by Gasteiger charge is 2.52. The Balaban J connectivity index is 1.19. The van der Waals surface area contributed by atoms with Gasteiger partial charge < -0.3 is 25.0 Å². The molecule has 2 N–H and O–H groups in total. The molecule has 1 aromatic carbocycles. The standard InChI is InChI=1S/C34H38F2N8O2S/c1-42(2)34(7-4-8-34)17-43(3)31-21-15-39-27(19-5-6-22(35)29-25(19)20(14-37)30(38)47-29)26(36)28(21)40-32(41-31)46-18-33(9-10-33)16-44-11-12-45-24-13-23(24)44/h5-6,15,23-24H,4,7-13,16-18,38H2,1-3H3/t23-,24+/m0/s1. The summed E-state index contributed by atoms with van der Waals surface area (Å²) in [6.07, 6.45) is 8.42. The highest BCUT2D eigenvalue weighted by atomic mass is 32.1. The molecule has 0 spiro atoms. The minimum atomic E-state index is -0.689. The maximum absolute atomic E-state index is 16.8. The quantitative estimate of drug-likeness (QED) is 0.244. The van der Waals surface area contributed by atoms with Gasteiger partial charge in [-0.3, -0.25) is 9.88 Å². The van der Waals surface area contributed by atoms with Crippen molar-refractivity contribution in [2.45, 2.75) is 56.2 Å². The lowest BCUT2D eigenvalue weighted by atomic mass is 9.75. The Morgan fingerprint density at radius 1 is 1.19 bits per heavy atom. The van der Waals surface area contributed by atoms with Gasteiger partial charge in [-0.05, 0) is 64.8 Å². The molecule has 1 aliphatic heterocycles. The topological polar surface area (TPSA) is 117 Å². The van der Waals surface area contributed by atoms with E-state index in [-0.39, 0.29) is 54.4 Å². The van der Waals surface area contributed by atoms with Crippen LogP contribution >= 0.6 is 11.3 Å². The van der Waals surface area contributed by atoms with Gasteiger partial charge in [-0.25, -0.2) is 8.78 Å². The number of hydrogen-bond acceptors (Lipinski definition) is 11. The third kappa shape index (κ3) is 5.17. The van der Waals surface area contributed by atoms with Gasteiger partial charge in [0.15, 0.2) is 5.82 Å². The maximum Gasteiger partial charge on any atom is 0.319 e. The minimum Gasteiger partial charge on any atom is -0.463 e. The maximum atomic E-state index is 16.8. The Labute approximate surface area is 276 Å². The van der Waals surface area contributed by atoms with E-state index in [0.717, 1.165) is 69.6 Å². The van der Waals surface area contributed by atoms with Crippen molar-refractivity contribution >= 4 is 43.1 Å². The fraction of sp³-hybridized carbons (Fsp3) is 0.529. The number of rotatable bonds is 10. The summed E-state index contributed by atoms with van der Waals surface area (Å²) in [5, 5.41) is 10.7. The number of ether oxygens (including phenoxy) is 2. The average Bonchev–Trinajstić information content (AvgIpc) is 3.96. The van der Waals surface area contributed by atoms with Crippen molar-refractivity contribution in [2.24, 2.45) is 5.41 Å². The third-order valence-corrected chi connectivity index (χ3v) is 11.9. The number of halogens is 2. The molecule has 3 aromatic heterocycles. The van der Waals surface area contributed by atoms with Crippen LogP contribution in [0.5, 0.6) is 6.01 Å². The van der Waals surface area contributed by atoms with E-state index in [1.165, 1.54) is 12.1 Å². The summed E-state index contributed by atoms with van der Waals surface area (Å²) in [7, 11) is 6.15. The number of nitrogens with zero attached hydrogens (tertiary/aromatic N) is 7. The third-order valence-electron chi connectivity index (χ3n) is 10.8. The van der Waals surface area contributed by atoms with E-state index < -0.39 is 11.6 Å². The van der Waals surface area contributed by atoms with Crippen LogP contribution in [0.2, 0.25) is 0 Å². The molecule has 2 atom stereocenters. The number of aromatic nitrogens is 3. The molecule has 4 aromatic rings. The Kier molecular flexibility index (Phi) is 7.29. The van der Waals surface area contributed by atoms with E-state index in [9.17, 15) is 9.65 Å². The lowest BCUT2D eigenvalue weighted by molar-refractivity contribution is 0.0179. The summed E-state index contributed by atoms with van der Waals surface area (Å²) < 4.78 is 43.9. The van der Waals surface area contributed by atoms with E-state index in [0.29, 0.717) is 36.5 Å². The molecule has 0 unspecified atom stereocenters. The van der Waals surface area contributed by atoms with Crippen molar-refractivity contribution in [3.05, 3.63) is 35.5 Å². The van der Waals surface area contributed by atoms with Crippen molar-refractivity contribution in [3.8, 4) is 23.3 Å². The van der Waals surface area contributed by atoms with E-state index in [2.05, 4.69) is 39.9 Å². The first-order chi connectivity index (χ1) is 22.6. The highest BCUT2D eigenvalue weighted by molar-refractivity contribution is 7.23. The zero-order valence-electron chi connectivity index (χ0n) is 26.9. The minimum absolute atomic E-state index is 0.0118. The molecule has 1 saturated heterocycles. The average molecular weight is 661 g/mol. The van der Waals surface area contributed by atoms with Crippen molar-refractivity contribution < 1.29 is 18.3 Å².